The van der Waals surface area contributed by atoms with E-state index < -0.39 is 0 Å². The highest BCUT2D eigenvalue weighted by Crippen LogP contribution is 2.13. The van der Waals surface area contributed by atoms with Crippen LogP contribution in [0.1, 0.15) is 11.1 Å². The molecule has 5 heteroatoms. The Bertz CT molecular complexity index is 654. The van der Waals surface area contributed by atoms with E-state index in [1.807, 2.05) is 67.5 Å². The lowest BCUT2D eigenvalue weighted by atomic mass is 10.1. The summed E-state index contributed by atoms with van der Waals surface area (Å²) in [4.78, 5) is 13.9. The average molecular weight is 327 g/mol. The first-order valence-electron chi connectivity index (χ1n) is 7.99. The topological polar surface area (TPSA) is 53.6 Å². The van der Waals surface area contributed by atoms with E-state index in [-0.39, 0.29) is 6.03 Å². The maximum Gasteiger partial charge on any atom is 0.315 e. The van der Waals surface area contributed by atoms with Crippen molar-refractivity contribution in [2.24, 2.45) is 0 Å². The molecule has 2 aromatic carbocycles. The molecule has 2 rings (SSSR count). The van der Waals surface area contributed by atoms with Crippen LogP contribution in [0.5, 0.6) is 5.75 Å². The van der Waals surface area contributed by atoms with Crippen LogP contribution in [0.2, 0.25) is 0 Å². The zero-order valence-electron chi connectivity index (χ0n) is 14.5. The fourth-order valence-corrected chi connectivity index (χ4v) is 2.31. The smallest absolute Gasteiger partial charge is 0.315 e. The maximum absolute atomic E-state index is 11.8. The standard InChI is InChI=1S/C19H25N3O2/c1-22(2)17-9-7-16(8-10-17)14-21-19(23)20-12-11-15-5-4-6-18(13-15)24-3/h4-10,13H,11-12,14H2,1-3H3,(H2,20,21,23). The molecule has 0 radical (unpaired) electrons. The predicted octanol–water partition coefficient (Wildman–Crippen LogP) is 2.80. The number of amides is 2. The van der Waals surface area contributed by atoms with E-state index in [4.69, 9.17) is 4.74 Å². The summed E-state index contributed by atoms with van der Waals surface area (Å²) in [6.45, 7) is 1.09. The normalized spacial score (nSPS) is 10.1. The molecule has 0 saturated heterocycles. The van der Waals surface area contributed by atoms with Crippen LogP contribution in [0.25, 0.3) is 0 Å². The first-order valence-corrected chi connectivity index (χ1v) is 7.99. The summed E-state index contributed by atoms with van der Waals surface area (Å²) in [6, 6.07) is 15.8. The van der Waals surface area contributed by atoms with E-state index in [0.29, 0.717) is 13.1 Å². The van der Waals surface area contributed by atoms with Gasteiger partial charge in [0.2, 0.25) is 0 Å². The second-order valence-corrected chi connectivity index (χ2v) is 5.77. The number of methoxy groups -OCH3 is 1. The molecule has 2 N–H and O–H groups in total. The Morgan fingerprint density at radius 3 is 2.46 bits per heavy atom. The molecule has 24 heavy (non-hydrogen) atoms. The minimum Gasteiger partial charge on any atom is -0.497 e. The van der Waals surface area contributed by atoms with E-state index in [2.05, 4.69) is 10.6 Å². The van der Waals surface area contributed by atoms with Gasteiger partial charge in [0.25, 0.3) is 0 Å². The van der Waals surface area contributed by atoms with Crippen LogP contribution < -0.4 is 20.3 Å². The number of nitrogens with zero attached hydrogens (tertiary/aromatic N) is 1. The van der Waals surface area contributed by atoms with E-state index in [1.54, 1.807) is 7.11 Å². The Morgan fingerprint density at radius 2 is 1.79 bits per heavy atom. The van der Waals surface area contributed by atoms with Crippen molar-refractivity contribution < 1.29 is 9.53 Å². The Kier molecular flexibility index (Phi) is 6.49. The number of ether oxygens (including phenoxy) is 1. The summed E-state index contributed by atoms with van der Waals surface area (Å²) in [5.41, 5.74) is 3.35. The largest absolute Gasteiger partial charge is 0.497 e. The second-order valence-electron chi connectivity index (χ2n) is 5.77. The Labute approximate surface area is 143 Å². The summed E-state index contributed by atoms with van der Waals surface area (Å²) in [7, 11) is 5.65. The van der Waals surface area contributed by atoms with Crippen LogP contribution in [0.3, 0.4) is 0 Å². The quantitative estimate of drug-likeness (QED) is 0.822. The minimum absolute atomic E-state index is 0.158. The van der Waals surface area contributed by atoms with Gasteiger partial charge < -0.3 is 20.3 Å². The van der Waals surface area contributed by atoms with Crippen LogP contribution >= 0.6 is 0 Å². The molecule has 0 saturated carbocycles. The van der Waals surface area contributed by atoms with Crippen molar-refractivity contribution in [2.45, 2.75) is 13.0 Å². The van der Waals surface area contributed by atoms with Crippen LogP contribution in [0.4, 0.5) is 10.5 Å². The van der Waals surface area contributed by atoms with Crippen LogP contribution in [-0.4, -0.2) is 33.8 Å². The highest BCUT2D eigenvalue weighted by Gasteiger charge is 2.02. The fourth-order valence-electron chi connectivity index (χ4n) is 2.31. The van der Waals surface area contributed by atoms with Gasteiger partial charge in [0.05, 0.1) is 7.11 Å². The molecule has 128 valence electrons. The molecule has 0 aliphatic rings. The molecule has 0 aliphatic heterocycles. The first kappa shape index (κ1) is 17.7. The maximum atomic E-state index is 11.8. The predicted molar refractivity (Wildman–Crippen MR) is 97.7 cm³/mol. The third-order valence-electron chi connectivity index (χ3n) is 3.74. The van der Waals surface area contributed by atoms with E-state index in [9.17, 15) is 4.79 Å². The molecule has 0 fully saturated rings. The number of nitrogens with one attached hydrogen (secondary N) is 2. The van der Waals surface area contributed by atoms with Crippen molar-refractivity contribution in [1.29, 1.82) is 0 Å². The molecular formula is C19H25N3O2. The van der Waals surface area contributed by atoms with Crippen LogP contribution in [0, 0.1) is 0 Å². The monoisotopic (exact) mass is 327 g/mol. The zero-order valence-corrected chi connectivity index (χ0v) is 14.5. The molecule has 0 spiro atoms. The number of hydrogen-bond donors (Lipinski definition) is 2. The van der Waals surface area contributed by atoms with Crippen LogP contribution in [-0.2, 0) is 13.0 Å². The number of rotatable bonds is 7. The van der Waals surface area contributed by atoms with Gasteiger partial charge in [-0.05, 0) is 41.8 Å². The average Bonchev–Trinajstić information content (AvgIpc) is 2.60. The lowest BCUT2D eigenvalue weighted by molar-refractivity contribution is 0.240. The summed E-state index contributed by atoms with van der Waals surface area (Å²) in [5, 5.41) is 5.74. The Balaban J connectivity index is 1.71. The van der Waals surface area contributed by atoms with Gasteiger partial charge in [0.15, 0.2) is 0 Å². The van der Waals surface area contributed by atoms with Gasteiger partial charge in [0.1, 0.15) is 5.75 Å². The molecule has 0 heterocycles. The number of urea groups is 1. The van der Waals surface area contributed by atoms with E-state index >= 15 is 0 Å². The van der Waals surface area contributed by atoms with Gasteiger partial charge in [0, 0.05) is 32.9 Å². The van der Waals surface area contributed by atoms with Gasteiger partial charge in [-0.15, -0.1) is 0 Å². The molecule has 2 amide bonds. The third-order valence-corrected chi connectivity index (χ3v) is 3.74. The summed E-state index contributed by atoms with van der Waals surface area (Å²) >= 11 is 0. The summed E-state index contributed by atoms with van der Waals surface area (Å²) in [6.07, 6.45) is 0.766. The summed E-state index contributed by atoms with van der Waals surface area (Å²) < 4.78 is 5.19. The first-order chi connectivity index (χ1) is 11.6. The number of hydrogen-bond acceptors (Lipinski definition) is 3. The Morgan fingerprint density at radius 1 is 1.04 bits per heavy atom. The third kappa shape index (κ3) is 5.50. The van der Waals surface area contributed by atoms with Crippen molar-refractivity contribution >= 4 is 11.7 Å². The number of carbonyl (C=O) groups excluding carboxylic acids is 1. The second kappa shape index (κ2) is 8.82. The molecule has 2 aromatic rings. The SMILES string of the molecule is COc1cccc(CCNC(=O)NCc2ccc(N(C)C)cc2)c1. The molecule has 0 bridgehead atoms. The van der Waals surface area contributed by atoms with Crippen molar-refractivity contribution in [3.05, 3.63) is 59.7 Å². The molecule has 0 atom stereocenters. The minimum atomic E-state index is -0.158. The van der Waals surface area contributed by atoms with Gasteiger partial charge in [-0.2, -0.15) is 0 Å². The van der Waals surface area contributed by atoms with Gasteiger partial charge in [-0.25, -0.2) is 4.79 Å². The van der Waals surface area contributed by atoms with Crippen molar-refractivity contribution in [1.82, 2.24) is 10.6 Å². The Hall–Kier alpha value is -2.69. The lowest BCUT2D eigenvalue weighted by Crippen LogP contribution is -2.36. The fraction of sp³-hybridized carbons (Fsp3) is 0.316. The van der Waals surface area contributed by atoms with Crippen molar-refractivity contribution in [2.75, 3.05) is 32.6 Å². The molecule has 0 aromatic heterocycles. The summed E-state index contributed by atoms with van der Waals surface area (Å²) in [5.74, 6) is 0.832. The van der Waals surface area contributed by atoms with E-state index in [1.165, 1.54) is 0 Å². The number of carbonyl (C=O) groups is 1. The van der Waals surface area contributed by atoms with Crippen molar-refractivity contribution in [3.63, 3.8) is 0 Å². The molecule has 5 nitrogen and oxygen atoms in total. The van der Waals surface area contributed by atoms with E-state index in [0.717, 1.165) is 29.0 Å². The lowest BCUT2D eigenvalue weighted by Gasteiger charge is -2.13. The molecule has 0 aliphatic carbocycles. The molecule has 0 unspecified atom stereocenters. The highest BCUT2D eigenvalue weighted by molar-refractivity contribution is 5.73. The van der Waals surface area contributed by atoms with Gasteiger partial charge in [-0.1, -0.05) is 24.3 Å². The van der Waals surface area contributed by atoms with Gasteiger partial charge in [-0.3, -0.25) is 0 Å². The highest BCUT2D eigenvalue weighted by atomic mass is 16.5. The van der Waals surface area contributed by atoms with Crippen molar-refractivity contribution in [3.8, 4) is 5.75 Å². The zero-order chi connectivity index (χ0) is 17.4. The van der Waals surface area contributed by atoms with Gasteiger partial charge >= 0.3 is 6.03 Å². The number of benzene rings is 2. The number of anilines is 1. The van der Waals surface area contributed by atoms with Crippen LogP contribution in [0.15, 0.2) is 48.5 Å². The molecular weight excluding hydrogens is 302 g/mol.